The van der Waals surface area contributed by atoms with Gasteiger partial charge in [-0.15, -0.1) is 21.5 Å². The van der Waals surface area contributed by atoms with Crippen molar-refractivity contribution in [2.24, 2.45) is 0 Å². The summed E-state index contributed by atoms with van der Waals surface area (Å²) in [5.74, 6) is -0.233. The SMILES string of the molecule is CCc1nnc(NC(=O)c2csc(C)n2)s1. The molecule has 0 radical (unpaired) electrons. The fourth-order valence-electron chi connectivity index (χ4n) is 1.08. The molecule has 7 heteroatoms. The van der Waals surface area contributed by atoms with E-state index in [2.05, 4.69) is 20.5 Å². The smallest absolute Gasteiger partial charge is 0.276 e. The summed E-state index contributed by atoms with van der Waals surface area (Å²) >= 11 is 2.83. The molecule has 0 aliphatic rings. The molecule has 84 valence electrons. The fraction of sp³-hybridized carbons (Fsp3) is 0.333. The molecular weight excluding hydrogens is 244 g/mol. The highest BCUT2D eigenvalue weighted by Crippen LogP contribution is 2.17. The number of carbonyl (C=O) groups excluding carboxylic acids is 1. The van der Waals surface area contributed by atoms with Gasteiger partial charge in [0.25, 0.3) is 5.91 Å². The van der Waals surface area contributed by atoms with Gasteiger partial charge in [0.2, 0.25) is 5.13 Å². The molecule has 0 unspecified atom stereocenters. The Balaban J connectivity index is 2.07. The standard InChI is InChI=1S/C9H10N4OS2/c1-3-7-12-13-9(16-7)11-8(14)6-4-15-5(2)10-6/h4H,3H2,1-2H3,(H,11,13,14). The third-order valence-corrected chi connectivity index (χ3v) is 3.60. The highest BCUT2D eigenvalue weighted by molar-refractivity contribution is 7.15. The third-order valence-electron chi connectivity index (χ3n) is 1.84. The summed E-state index contributed by atoms with van der Waals surface area (Å²) in [5.41, 5.74) is 0.427. The van der Waals surface area contributed by atoms with Crippen molar-refractivity contribution >= 4 is 33.7 Å². The molecule has 0 bridgehead atoms. The first-order valence-corrected chi connectivity index (χ1v) is 6.44. The number of nitrogens with zero attached hydrogens (tertiary/aromatic N) is 3. The zero-order valence-electron chi connectivity index (χ0n) is 8.85. The van der Waals surface area contributed by atoms with E-state index in [0.717, 1.165) is 16.4 Å². The van der Waals surface area contributed by atoms with E-state index in [1.165, 1.54) is 22.7 Å². The predicted octanol–water partition coefficient (Wildman–Crippen LogP) is 2.12. The number of nitrogens with one attached hydrogen (secondary N) is 1. The number of amides is 1. The molecule has 0 aliphatic heterocycles. The highest BCUT2D eigenvalue weighted by Gasteiger charge is 2.11. The first-order chi connectivity index (χ1) is 7.69. The lowest BCUT2D eigenvalue weighted by Gasteiger charge is -1.95. The quantitative estimate of drug-likeness (QED) is 0.911. The van der Waals surface area contributed by atoms with Crippen LogP contribution in [0.3, 0.4) is 0 Å². The van der Waals surface area contributed by atoms with Crippen molar-refractivity contribution in [2.45, 2.75) is 20.3 Å². The number of thiazole rings is 1. The Hall–Kier alpha value is -1.34. The number of carbonyl (C=O) groups is 1. The molecule has 0 aliphatic carbocycles. The highest BCUT2D eigenvalue weighted by atomic mass is 32.1. The number of hydrogen-bond acceptors (Lipinski definition) is 6. The summed E-state index contributed by atoms with van der Waals surface area (Å²) in [4.78, 5) is 15.8. The van der Waals surface area contributed by atoms with Gasteiger partial charge < -0.3 is 0 Å². The molecule has 0 saturated carbocycles. The van der Waals surface area contributed by atoms with Gasteiger partial charge in [-0.05, 0) is 13.3 Å². The molecule has 0 atom stereocenters. The van der Waals surface area contributed by atoms with Crippen LogP contribution in [0.1, 0.15) is 27.4 Å². The summed E-state index contributed by atoms with van der Waals surface area (Å²) in [6.45, 7) is 3.86. The van der Waals surface area contributed by atoms with Gasteiger partial charge in [0.15, 0.2) is 0 Å². The summed E-state index contributed by atoms with van der Waals surface area (Å²) in [7, 11) is 0. The molecule has 0 spiro atoms. The van der Waals surface area contributed by atoms with Crippen LogP contribution in [0.2, 0.25) is 0 Å². The van der Waals surface area contributed by atoms with Crippen molar-refractivity contribution in [3.05, 3.63) is 21.1 Å². The van der Waals surface area contributed by atoms with E-state index in [-0.39, 0.29) is 5.91 Å². The van der Waals surface area contributed by atoms with Crippen molar-refractivity contribution in [3.8, 4) is 0 Å². The Morgan fingerprint density at radius 2 is 2.31 bits per heavy atom. The number of aromatic nitrogens is 3. The molecule has 2 aromatic rings. The second-order valence-corrected chi connectivity index (χ2v) is 5.18. The maximum Gasteiger partial charge on any atom is 0.276 e. The van der Waals surface area contributed by atoms with Crippen molar-refractivity contribution < 1.29 is 4.79 Å². The molecule has 1 N–H and O–H groups in total. The van der Waals surface area contributed by atoms with Gasteiger partial charge >= 0.3 is 0 Å². The Morgan fingerprint density at radius 3 is 2.88 bits per heavy atom. The minimum atomic E-state index is -0.233. The molecule has 0 aromatic carbocycles. The van der Waals surface area contributed by atoms with Crippen LogP contribution in [0, 0.1) is 6.92 Å². The summed E-state index contributed by atoms with van der Waals surface area (Å²) in [5, 5.41) is 14.5. The lowest BCUT2D eigenvalue weighted by Crippen LogP contribution is -2.12. The van der Waals surface area contributed by atoms with Crippen LogP contribution in [0.25, 0.3) is 0 Å². The summed E-state index contributed by atoms with van der Waals surface area (Å²) in [6, 6.07) is 0. The number of rotatable bonds is 3. The van der Waals surface area contributed by atoms with Crippen molar-refractivity contribution in [3.63, 3.8) is 0 Å². The minimum absolute atomic E-state index is 0.233. The lowest BCUT2D eigenvalue weighted by atomic mass is 10.5. The van der Waals surface area contributed by atoms with Crippen LogP contribution in [0.15, 0.2) is 5.38 Å². The van der Waals surface area contributed by atoms with E-state index < -0.39 is 0 Å². The molecule has 1 amide bonds. The first-order valence-electron chi connectivity index (χ1n) is 4.75. The number of aryl methyl sites for hydroxylation is 2. The molecule has 2 aromatic heterocycles. The Labute approximate surface area is 101 Å². The zero-order chi connectivity index (χ0) is 11.5. The number of anilines is 1. The van der Waals surface area contributed by atoms with Gasteiger partial charge in [-0.2, -0.15) is 0 Å². The minimum Gasteiger partial charge on any atom is -0.295 e. The van der Waals surface area contributed by atoms with Crippen LogP contribution < -0.4 is 5.32 Å². The van der Waals surface area contributed by atoms with Gasteiger partial charge in [0, 0.05) is 5.38 Å². The van der Waals surface area contributed by atoms with Crippen molar-refractivity contribution in [1.29, 1.82) is 0 Å². The third kappa shape index (κ3) is 2.42. The van der Waals surface area contributed by atoms with Crippen LogP contribution in [-0.4, -0.2) is 21.1 Å². The molecule has 0 saturated heterocycles. The van der Waals surface area contributed by atoms with E-state index >= 15 is 0 Å². The Bertz CT molecular complexity index is 505. The fourth-order valence-corrected chi connectivity index (χ4v) is 2.34. The topological polar surface area (TPSA) is 67.8 Å². The van der Waals surface area contributed by atoms with E-state index in [1.54, 1.807) is 5.38 Å². The summed E-state index contributed by atoms with van der Waals surface area (Å²) < 4.78 is 0. The maximum atomic E-state index is 11.7. The first kappa shape index (κ1) is 11.2. The van der Waals surface area contributed by atoms with Gasteiger partial charge in [-0.3, -0.25) is 10.1 Å². The van der Waals surface area contributed by atoms with Gasteiger partial charge in [0.1, 0.15) is 10.7 Å². The second-order valence-electron chi connectivity index (χ2n) is 3.06. The van der Waals surface area contributed by atoms with Crippen molar-refractivity contribution in [1.82, 2.24) is 15.2 Å². The average molecular weight is 254 g/mol. The van der Waals surface area contributed by atoms with E-state index in [0.29, 0.717) is 10.8 Å². The van der Waals surface area contributed by atoms with E-state index in [1.807, 2.05) is 13.8 Å². The molecule has 5 nitrogen and oxygen atoms in total. The van der Waals surface area contributed by atoms with Gasteiger partial charge in [0.05, 0.1) is 5.01 Å². The second kappa shape index (κ2) is 4.67. The molecule has 0 fully saturated rings. The number of hydrogen-bond donors (Lipinski definition) is 1. The largest absolute Gasteiger partial charge is 0.295 e. The summed E-state index contributed by atoms with van der Waals surface area (Å²) in [6.07, 6.45) is 0.823. The van der Waals surface area contributed by atoms with Crippen LogP contribution >= 0.6 is 22.7 Å². The monoisotopic (exact) mass is 254 g/mol. The Morgan fingerprint density at radius 1 is 1.50 bits per heavy atom. The zero-order valence-corrected chi connectivity index (χ0v) is 10.5. The van der Waals surface area contributed by atoms with Crippen LogP contribution in [0.5, 0.6) is 0 Å². The van der Waals surface area contributed by atoms with Crippen LogP contribution in [0.4, 0.5) is 5.13 Å². The van der Waals surface area contributed by atoms with Crippen molar-refractivity contribution in [2.75, 3.05) is 5.32 Å². The predicted molar refractivity (Wildman–Crippen MR) is 64.1 cm³/mol. The molecule has 16 heavy (non-hydrogen) atoms. The van der Waals surface area contributed by atoms with E-state index in [4.69, 9.17) is 0 Å². The normalized spacial score (nSPS) is 10.4. The molecule has 2 heterocycles. The molecule has 2 rings (SSSR count). The maximum absolute atomic E-state index is 11.7. The van der Waals surface area contributed by atoms with Gasteiger partial charge in [-0.25, -0.2) is 4.98 Å². The average Bonchev–Trinajstić information content (AvgIpc) is 2.87. The van der Waals surface area contributed by atoms with Crippen LogP contribution in [-0.2, 0) is 6.42 Å². The van der Waals surface area contributed by atoms with Gasteiger partial charge in [-0.1, -0.05) is 18.3 Å². The Kier molecular flexibility index (Phi) is 3.25. The lowest BCUT2D eigenvalue weighted by molar-refractivity contribution is 0.102. The molecular formula is C9H10N4OS2. The van der Waals surface area contributed by atoms with E-state index in [9.17, 15) is 4.79 Å².